The van der Waals surface area contributed by atoms with Gasteiger partial charge in [-0.05, 0) is 37.1 Å². The second kappa shape index (κ2) is 5.66. The first-order chi connectivity index (χ1) is 13.0. The lowest BCUT2D eigenvalue weighted by Crippen LogP contribution is -2.44. The van der Waals surface area contributed by atoms with Crippen LogP contribution in [0.3, 0.4) is 0 Å². The van der Waals surface area contributed by atoms with E-state index < -0.39 is 17.4 Å². The Bertz CT molecular complexity index is 860. The normalized spacial score (nSPS) is 33.3. The van der Waals surface area contributed by atoms with E-state index >= 15 is 0 Å². The third-order valence-corrected chi connectivity index (χ3v) is 5.83. The summed E-state index contributed by atoms with van der Waals surface area (Å²) in [6.07, 6.45) is 5.58. The average molecular weight is 367 g/mol. The van der Waals surface area contributed by atoms with E-state index in [4.69, 9.17) is 4.74 Å². The molecule has 1 aliphatic carbocycles. The predicted molar refractivity (Wildman–Crippen MR) is 98.0 cm³/mol. The van der Waals surface area contributed by atoms with Crippen LogP contribution >= 0.6 is 0 Å². The molecule has 2 bridgehead atoms. The van der Waals surface area contributed by atoms with E-state index in [9.17, 15) is 14.4 Å². The molecule has 2 unspecified atom stereocenters. The second-order valence-corrected chi connectivity index (χ2v) is 7.84. The molecule has 0 aromatic heterocycles. The molecule has 3 fully saturated rings. The Morgan fingerprint density at radius 1 is 1.22 bits per heavy atom. The van der Waals surface area contributed by atoms with Gasteiger partial charge < -0.3 is 20.3 Å². The minimum atomic E-state index is -0.719. The highest BCUT2D eigenvalue weighted by Gasteiger charge is 2.67. The summed E-state index contributed by atoms with van der Waals surface area (Å²) in [7, 11) is 0. The van der Waals surface area contributed by atoms with Gasteiger partial charge in [0, 0.05) is 24.3 Å². The lowest BCUT2D eigenvalue weighted by atomic mass is 9.77. The maximum absolute atomic E-state index is 13.2. The lowest BCUT2D eigenvalue weighted by molar-refractivity contribution is -0.132. The smallest absolute Gasteiger partial charge is 0.234 e. The third kappa shape index (κ3) is 2.56. The second-order valence-electron chi connectivity index (χ2n) is 7.84. The molecule has 1 spiro atoms. The molecule has 4 aliphatic rings. The minimum absolute atomic E-state index is 0.0741. The van der Waals surface area contributed by atoms with Crippen LogP contribution in [0.15, 0.2) is 36.4 Å². The van der Waals surface area contributed by atoms with Crippen LogP contribution in [-0.4, -0.2) is 42.0 Å². The van der Waals surface area contributed by atoms with Crippen LogP contribution in [-0.2, 0) is 19.1 Å². The Kier molecular flexibility index (Phi) is 3.46. The minimum Gasteiger partial charge on any atom is -0.360 e. The first kappa shape index (κ1) is 16.5. The highest BCUT2D eigenvalue weighted by molar-refractivity contribution is 6.03. The van der Waals surface area contributed by atoms with Gasteiger partial charge in [-0.15, -0.1) is 0 Å². The van der Waals surface area contributed by atoms with Crippen LogP contribution in [0.25, 0.3) is 0 Å². The molecule has 27 heavy (non-hydrogen) atoms. The number of ether oxygens (including phenoxy) is 1. The van der Waals surface area contributed by atoms with Gasteiger partial charge in [0.15, 0.2) is 0 Å². The Labute approximate surface area is 156 Å². The number of anilines is 2. The number of amides is 3. The van der Waals surface area contributed by atoms with Crippen molar-refractivity contribution in [2.24, 2.45) is 11.8 Å². The number of rotatable bonds is 4. The molecular formula is C20H21N3O4. The highest BCUT2D eigenvalue weighted by atomic mass is 16.5. The Hall–Kier alpha value is -2.67. The number of hydrogen-bond donors (Lipinski definition) is 2. The summed E-state index contributed by atoms with van der Waals surface area (Å²) in [4.78, 5) is 38.8. The van der Waals surface area contributed by atoms with E-state index in [1.807, 2.05) is 12.2 Å². The number of fused-ring (bicyclic) bond motifs is 1. The van der Waals surface area contributed by atoms with E-state index in [2.05, 4.69) is 10.6 Å². The van der Waals surface area contributed by atoms with Crippen LogP contribution in [0.1, 0.15) is 19.8 Å². The molecule has 2 saturated heterocycles. The lowest BCUT2D eigenvalue weighted by Gasteiger charge is -2.23. The number of nitrogens with zero attached hydrogens (tertiary/aromatic N) is 1. The third-order valence-electron chi connectivity index (χ3n) is 5.83. The molecule has 1 aromatic carbocycles. The van der Waals surface area contributed by atoms with Crippen molar-refractivity contribution in [2.75, 3.05) is 16.8 Å². The van der Waals surface area contributed by atoms with Crippen molar-refractivity contribution < 1.29 is 19.1 Å². The van der Waals surface area contributed by atoms with Crippen LogP contribution in [0, 0.1) is 11.8 Å². The van der Waals surface area contributed by atoms with Crippen molar-refractivity contribution in [3.05, 3.63) is 36.4 Å². The van der Waals surface area contributed by atoms with Crippen LogP contribution in [0.2, 0.25) is 0 Å². The molecule has 0 radical (unpaired) electrons. The Balaban J connectivity index is 1.40. The van der Waals surface area contributed by atoms with Crippen LogP contribution in [0.4, 0.5) is 11.4 Å². The number of hydrogen-bond acceptors (Lipinski definition) is 4. The molecular weight excluding hydrogens is 346 g/mol. The van der Waals surface area contributed by atoms with E-state index in [-0.39, 0.29) is 29.9 Å². The average Bonchev–Trinajstić information content (AvgIpc) is 3.16. The van der Waals surface area contributed by atoms with Crippen molar-refractivity contribution in [3.8, 4) is 0 Å². The highest BCUT2D eigenvalue weighted by Crippen LogP contribution is 2.52. The standard InChI is InChI=1S/C20H21N3O4/c1-11(24)21-12-4-6-14(7-5-12)23-10-20-9-8-15(27-20)16(17(20)19(23)26)18(25)22-13-2-3-13/h4-9,13,15-17H,2-3,10H2,1H3,(H,21,24)(H,22,25)/t15-,16?,17?,20+/m1/s1. The molecule has 4 atom stereocenters. The maximum atomic E-state index is 13.2. The van der Waals surface area contributed by atoms with Gasteiger partial charge in [-0.3, -0.25) is 14.4 Å². The van der Waals surface area contributed by atoms with E-state index in [0.717, 1.165) is 18.5 Å². The number of nitrogens with one attached hydrogen (secondary N) is 2. The molecule has 7 nitrogen and oxygen atoms in total. The number of carbonyl (C=O) groups is 3. The zero-order chi connectivity index (χ0) is 18.8. The maximum Gasteiger partial charge on any atom is 0.234 e. The van der Waals surface area contributed by atoms with Crippen molar-refractivity contribution >= 4 is 29.1 Å². The van der Waals surface area contributed by atoms with Gasteiger partial charge in [0.25, 0.3) is 0 Å². The van der Waals surface area contributed by atoms with Gasteiger partial charge in [0.1, 0.15) is 5.60 Å². The largest absolute Gasteiger partial charge is 0.360 e. The molecule has 3 aliphatic heterocycles. The first-order valence-corrected chi connectivity index (χ1v) is 9.33. The summed E-state index contributed by atoms with van der Waals surface area (Å²) in [6, 6.07) is 7.39. The first-order valence-electron chi connectivity index (χ1n) is 9.33. The molecule has 1 saturated carbocycles. The Morgan fingerprint density at radius 3 is 2.63 bits per heavy atom. The fourth-order valence-electron chi connectivity index (χ4n) is 4.47. The van der Waals surface area contributed by atoms with Crippen LogP contribution in [0.5, 0.6) is 0 Å². The van der Waals surface area contributed by atoms with Crippen molar-refractivity contribution in [3.63, 3.8) is 0 Å². The summed E-state index contributed by atoms with van der Waals surface area (Å²) in [5, 5.41) is 5.74. The van der Waals surface area contributed by atoms with Crippen molar-refractivity contribution in [1.82, 2.24) is 5.32 Å². The quantitative estimate of drug-likeness (QED) is 0.783. The van der Waals surface area contributed by atoms with Gasteiger partial charge >= 0.3 is 0 Å². The molecule has 5 rings (SSSR count). The van der Waals surface area contributed by atoms with E-state index in [0.29, 0.717) is 12.2 Å². The SMILES string of the molecule is CC(=O)Nc1ccc(N2C[C@]34C=C[C@@H](O3)C(C(=O)NC3CC3)C4C2=O)cc1. The topological polar surface area (TPSA) is 87.7 Å². The zero-order valence-electron chi connectivity index (χ0n) is 15.0. The van der Waals surface area contributed by atoms with Gasteiger partial charge in [-0.2, -0.15) is 0 Å². The van der Waals surface area contributed by atoms with Gasteiger partial charge in [0.2, 0.25) is 17.7 Å². The zero-order valence-corrected chi connectivity index (χ0v) is 15.0. The van der Waals surface area contributed by atoms with Gasteiger partial charge in [0.05, 0.1) is 24.5 Å². The molecule has 140 valence electrons. The van der Waals surface area contributed by atoms with Gasteiger partial charge in [-0.25, -0.2) is 0 Å². The molecule has 3 amide bonds. The van der Waals surface area contributed by atoms with E-state index in [1.54, 1.807) is 29.2 Å². The summed E-state index contributed by atoms with van der Waals surface area (Å²) in [6.45, 7) is 1.85. The van der Waals surface area contributed by atoms with Crippen molar-refractivity contribution in [2.45, 2.75) is 37.5 Å². The number of benzene rings is 1. The van der Waals surface area contributed by atoms with Crippen molar-refractivity contribution in [1.29, 1.82) is 0 Å². The molecule has 3 heterocycles. The number of carbonyl (C=O) groups excluding carboxylic acids is 3. The Morgan fingerprint density at radius 2 is 1.96 bits per heavy atom. The fraction of sp³-hybridized carbons (Fsp3) is 0.450. The summed E-state index contributed by atoms with van der Waals surface area (Å²) in [5.74, 6) is -1.25. The predicted octanol–water partition coefficient (Wildman–Crippen LogP) is 1.21. The molecule has 2 N–H and O–H groups in total. The van der Waals surface area contributed by atoms with Gasteiger partial charge in [-0.1, -0.05) is 12.2 Å². The molecule has 7 heteroatoms. The van der Waals surface area contributed by atoms with E-state index in [1.165, 1.54) is 6.92 Å². The summed E-state index contributed by atoms with van der Waals surface area (Å²) in [5.41, 5.74) is 0.693. The summed E-state index contributed by atoms with van der Waals surface area (Å²) >= 11 is 0. The monoisotopic (exact) mass is 367 g/mol. The molecule has 1 aromatic rings. The fourth-order valence-corrected chi connectivity index (χ4v) is 4.47. The van der Waals surface area contributed by atoms with Crippen LogP contribution < -0.4 is 15.5 Å². The summed E-state index contributed by atoms with van der Waals surface area (Å²) < 4.78 is 6.13.